The number of aromatic nitrogens is 2. The fraction of sp³-hybridized carbons (Fsp3) is 0.294. The van der Waals surface area contributed by atoms with Gasteiger partial charge in [-0.3, -0.25) is 4.79 Å². The second kappa shape index (κ2) is 9.49. The number of anilines is 1. The van der Waals surface area contributed by atoms with Gasteiger partial charge in [0, 0.05) is 23.7 Å². The number of aliphatic hydroxyl groups is 1. The first-order chi connectivity index (χ1) is 13.6. The summed E-state index contributed by atoms with van der Waals surface area (Å²) in [5.41, 5.74) is 0.513. The van der Waals surface area contributed by atoms with Crippen LogP contribution in [0.5, 0.6) is 0 Å². The molecule has 0 radical (unpaired) electrons. The Hall–Kier alpha value is -2.97. The zero-order chi connectivity index (χ0) is 21.6. The van der Waals surface area contributed by atoms with Crippen LogP contribution in [-0.2, 0) is 4.79 Å². The number of rotatable bonds is 4. The number of hydrogen-bond donors (Lipinski definition) is 2. The number of nitrogens with zero attached hydrogens (tertiary/aromatic N) is 4. The van der Waals surface area contributed by atoms with Gasteiger partial charge in [0.15, 0.2) is 11.6 Å². The lowest BCUT2D eigenvalue weighted by atomic mass is 10.0. The van der Waals surface area contributed by atoms with Gasteiger partial charge < -0.3 is 15.3 Å². The number of nitriles is 1. The highest BCUT2D eigenvalue weighted by Gasteiger charge is 2.22. The summed E-state index contributed by atoms with van der Waals surface area (Å²) < 4.78 is 44.4. The number of hydrogen-bond acceptors (Lipinski definition) is 6. The van der Waals surface area contributed by atoms with E-state index in [2.05, 4.69) is 15.3 Å². The van der Waals surface area contributed by atoms with Gasteiger partial charge in [-0.25, -0.2) is 14.4 Å². The lowest BCUT2D eigenvalue weighted by Crippen LogP contribution is -2.44. The molecule has 1 aromatic heterocycles. The van der Waals surface area contributed by atoms with Crippen LogP contribution in [0.4, 0.5) is 23.4 Å². The molecule has 1 amide bonds. The smallest absolute Gasteiger partial charge is 0.358 e. The second-order valence-corrected chi connectivity index (χ2v) is 6.18. The lowest BCUT2D eigenvalue weighted by Gasteiger charge is -2.30. The summed E-state index contributed by atoms with van der Waals surface area (Å²) in [6.45, 7) is 1.42. The van der Waals surface area contributed by atoms with E-state index in [-0.39, 0.29) is 29.5 Å². The van der Waals surface area contributed by atoms with Gasteiger partial charge in [0.05, 0.1) is 18.2 Å². The molecule has 0 unspecified atom stereocenters. The maximum absolute atomic E-state index is 14.7. The minimum absolute atomic E-state index is 0.0166. The summed E-state index contributed by atoms with van der Waals surface area (Å²) in [7, 11) is 0. The molecule has 1 saturated heterocycles. The van der Waals surface area contributed by atoms with Crippen LogP contribution in [-0.4, -0.2) is 51.9 Å². The summed E-state index contributed by atoms with van der Waals surface area (Å²) in [6.07, 6.45) is -2.82. The highest BCUT2D eigenvalue weighted by Crippen LogP contribution is 2.28. The summed E-state index contributed by atoms with van der Waals surface area (Å²) in [5.74, 6) is -0.898. The topological polar surface area (TPSA) is 102 Å². The van der Waals surface area contributed by atoms with Crippen molar-refractivity contribution in [2.24, 2.45) is 0 Å². The number of amides is 1. The summed E-state index contributed by atoms with van der Waals surface area (Å²) in [4.78, 5) is 21.3. The van der Waals surface area contributed by atoms with Crippen LogP contribution >= 0.6 is 11.6 Å². The molecule has 2 aromatic rings. The van der Waals surface area contributed by atoms with Gasteiger partial charge in [0.2, 0.25) is 5.91 Å². The van der Waals surface area contributed by atoms with Crippen molar-refractivity contribution >= 4 is 23.3 Å². The summed E-state index contributed by atoms with van der Waals surface area (Å²) >= 11 is 5.86. The van der Waals surface area contributed by atoms with Crippen molar-refractivity contribution in [2.45, 2.75) is 12.8 Å². The van der Waals surface area contributed by atoms with Crippen LogP contribution in [0.1, 0.15) is 12.0 Å². The molecular weight excluding hydrogens is 418 g/mol. The molecule has 0 spiro atoms. The first-order valence-corrected chi connectivity index (χ1v) is 8.49. The van der Waals surface area contributed by atoms with Crippen molar-refractivity contribution in [1.29, 1.82) is 5.26 Å². The molecule has 7 nitrogen and oxygen atoms in total. The first-order valence-electron chi connectivity index (χ1n) is 8.11. The van der Waals surface area contributed by atoms with E-state index in [1.54, 1.807) is 11.0 Å². The molecule has 12 heteroatoms. The first kappa shape index (κ1) is 22.3. The maximum atomic E-state index is 14.7. The van der Waals surface area contributed by atoms with Gasteiger partial charge >= 0.3 is 6.36 Å². The molecule has 1 aliphatic rings. The number of halogens is 5. The Morgan fingerprint density at radius 1 is 1.34 bits per heavy atom. The van der Waals surface area contributed by atoms with E-state index in [0.29, 0.717) is 10.6 Å². The predicted octanol–water partition coefficient (Wildman–Crippen LogP) is 2.95. The van der Waals surface area contributed by atoms with E-state index in [1.807, 2.05) is 6.07 Å². The fourth-order valence-electron chi connectivity index (χ4n) is 2.33. The molecule has 29 heavy (non-hydrogen) atoms. The van der Waals surface area contributed by atoms with Crippen molar-refractivity contribution in [3.63, 3.8) is 0 Å². The molecule has 0 atom stereocenters. The van der Waals surface area contributed by atoms with Crippen LogP contribution in [0.15, 0.2) is 24.5 Å². The normalized spacial score (nSPS) is 12.9. The molecule has 1 fully saturated rings. The van der Waals surface area contributed by atoms with Crippen LogP contribution < -0.4 is 5.32 Å². The number of alkyl halides is 3. The number of benzene rings is 1. The number of carbonyl (C=O) groups excluding carboxylic acids is 1. The Balaban J connectivity index is 0.000000537. The molecule has 1 aromatic carbocycles. The molecule has 0 saturated carbocycles. The monoisotopic (exact) mass is 431 g/mol. The van der Waals surface area contributed by atoms with Gasteiger partial charge in [-0.15, -0.1) is 13.2 Å². The SMILES string of the molecule is N#Cc1cc(Cl)ccc1-c1ncnc(NCC(=O)N2CCC2)c1F.OC(F)(F)F. The Kier molecular flexibility index (Phi) is 7.30. The van der Waals surface area contributed by atoms with E-state index in [4.69, 9.17) is 16.7 Å². The highest BCUT2D eigenvalue weighted by molar-refractivity contribution is 6.30. The van der Waals surface area contributed by atoms with Gasteiger partial charge in [-0.05, 0) is 24.6 Å². The molecule has 3 rings (SSSR count). The molecule has 2 N–H and O–H groups in total. The molecule has 154 valence electrons. The van der Waals surface area contributed by atoms with E-state index < -0.39 is 12.2 Å². The van der Waals surface area contributed by atoms with E-state index in [9.17, 15) is 27.6 Å². The maximum Gasteiger partial charge on any atom is 0.519 e. The van der Waals surface area contributed by atoms with Crippen molar-refractivity contribution in [3.05, 3.63) is 40.9 Å². The van der Waals surface area contributed by atoms with E-state index in [0.717, 1.165) is 19.5 Å². The zero-order valence-corrected chi connectivity index (χ0v) is 15.4. The quantitative estimate of drug-likeness (QED) is 0.722. The summed E-state index contributed by atoms with van der Waals surface area (Å²) in [6, 6.07) is 6.50. The minimum atomic E-state index is -5.00. The van der Waals surface area contributed by atoms with Gasteiger partial charge in [-0.1, -0.05) is 11.6 Å². The number of carbonyl (C=O) groups is 1. The van der Waals surface area contributed by atoms with Crippen LogP contribution in [0, 0.1) is 17.1 Å². The standard InChI is InChI=1S/C16H13ClFN5O.CHF3O/c17-11-2-3-12(10(6-11)7-19)15-14(18)16(22-9-21-15)20-8-13(24)23-4-1-5-23;2-1(3,4)5/h2-3,6,9H,1,4-5,8H2,(H,20,21,22);5H. The van der Waals surface area contributed by atoms with Gasteiger partial charge in [-0.2, -0.15) is 5.26 Å². The van der Waals surface area contributed by atoms with Gasteiger partial charge in [0.25, 0.3) is 0 Å². The Labute approximate surface area is 167 Å². The average Bonchev–Trinajstić information content (AvgIpc) is 2.58. The molecule has 0 aliphatic carbocycles. The molecule has 2 heterocycles. The number of likely N-dealkylation sites (tertiary alicyclic amines) is 1. The van der Waals surface area contributed by atoms with Crippen molar-refractivity contribution in [3.8, 4) is 17.3 Å². The second-order valence-electron chi connectivity index (χ2n) is 5.74. The third-order valence-electron chi connectivity index (χ3n) is 3.76. The molecule has 1 aliphatic heterocycles. The van der Waals surface area contributed by atoms with E-state index >= 15 is 0 Å². The fourth-order valence-corrected chi connectivity index (χ4v) is 2.51. The third kappa shape index (κ3) is 6.55. The molecular formula is C17H14ClF4N5O2. The minimum Gasteiger partial charge on any atom is -0.358 e. The van der Waals surface area contributed by atoms with Gasteiger partial charge in [0.1, 0.15) is 12.0 Å². The largest absolute Gasteiger partial charge is 0.519 e. The lowest BCUT2D eigenvalue weighted by molar-refractivity contribution is -0.295. The Morgan fingerprint density at radius 2 is 2.00 bits per heavy atom. The van der Waals surface area contributed by atoms with E-state index in [1.165, 1.54) is 18.5 Å². The highest BCUT2D eigenvalue weighted by atomic mass is 35.5. The van der Waals surface area contributed by atoms with Crippen LogP contribution in [0.3, 0.4) is 0 Å². The predicted molar refractivity (Wildman–Crippen MR) is 95.1 cm³/mol. The average molecular weight is 432 g/mol. The van der Waals surface area contributed by atoms with Crippen molar-refractivity contribution in [2.75, 3.05) is 25.0 Å². The Bertz CT molecular complexity index is 923. The van der Waals surface area contributed by atoms with Crippen molar-refractivity contribution in [1.82, 2.24) is 14.9 Å². The zero-order valence-electron chi connectivity index (χ0n) is 14.7. The van der Waals surface area contributed by atoms with Crippen molar-refractivity contribution < 1.29 is 27.5 Å². The Morgan fingerprint density at radius 3 is 2.55 bits per heavy atom. The van der Waals surface area contributed by atoms with Crippen LogP contribution in [0.2, 0.25) is 5.02 Å². The third-order valence-corrected chi connectivity index (χ3v) is 4.00. The van der Waals surface area contributed by atoms with Crippen LogP contribution in [0.25, 0.3) is 11.3 Å². The number of nitrogens with one attached hydrogen (secondary N) is 1. The summed E-state index contributed by atoms with van der Waals surface area (Å²) in [5, 5.41) is 18.8. The molecule has 0 bridgehead atoms.